The molecule has 0 spiro atoms. The zero-order chi connectivity index (χ0) is 19.1. The van der Waals surface area contributed by atoms with Crippen LogP contribution in [0.2, 0.25) is 0 Å². The van der Waals surface area contributed by atoms with E-state index in [4.69, 9.17) is 12.2 Å². The quantitative estimate of drug-likeness (QED) is 0.687. The van der Waals surface area contributed by atoms with Crippen LogP contribution in [0.4, 0.5) is 0 Å². The normalized spacial score (nSPS) is 19.4. The molecule has 1 saturated heterocycles. The first-order valence-electron chi connectivity index (χ1n) is 9.17. The zero-order valence-electron chi connectivity index (χ0n) is 16.1. The molecule has 3 heterocycles. The Balaban J connectivity index is 1.82. The van der Waals surface area contributed by atoms with E-state index < -0.39 is 0 Å². The molecule has 0 radical (unpaired) electrons. The van der Waals surface area contributed by atoms with Crippen LogP contribution < -0.4 is 5.32 Å². The number of aromatic nitrogens is 2. The van der Waals surface area contributed by atoms with Crippen LogP contribution in [0, 0.1) is 20.8 Å². The maximum atomic E-state index is 5.57. The van der Waals surface area contributed by atoms with Crippen LogP contribution in [0.1, 0.15) is 40.3 Å². The number of rotatable bonds is 3. The lowest BCUT2D eigenvalue weighted by molar-refractivity contribution is 0.367. The number of likely N-dealkylation sites (N-methyl/N-ethyl adjacent to an activating group) is 1. The van der Waals surface area contributed by atoms with Gasteiger partial charge in [-0.3, -0.25) is 4.98 Å². The summed E-state index contributed by atoms with van der Waals surface area (Å²) in [6.07, 6.45) is 1.84. The molecule has 2 aromatic heterocycles. The Morgan fingerprint density at radius 2 is 1.85 bits per heavy atom. The second-order valence-electron chi connectivity index (χ2n) is 7.24. The van der Waals surface area contributed by atoms with Gasteiger partial charge in [-0.15, -0.1) is 0 Å². The van der Waals surface area contributed by atoms with Gasteiger partial charge < -0.3 is 14.8 Å². The third-order valence-electron chi connectivity index (χ3n) is 5.39. The number of nitrogens with one attached hydrogen (secondary N) is 1. The first-order valence-corrected chi connectivity index (χ1v) is 9.58. The monoisotopic (exact) mass is 376 g/mol. The average molecular weight is 377 g/mol. The summed E-state index contributed by atoms with van der Waals surface area (Å²) in [5, 5.41) is 4.22. The molecule has 0 bridgehead atoms. The molecule has 0 amide bonds. The van der Waals surface area contributed by atoms with E-state index in [2.05, 4.69) is 84.0 Å². The zero-order valence-corrected chi connectivity index (χ0v) is 16.9. The Morgan fingerprint density at radius 1 is 1.04 bits per heavy atom. The minimum Gasteiger partial charge on any atom is -0.352 e. The van der Waals surface area contributed by atoms with Crippen LogP contribution >= 0.6 is 12.2 Å². The van der Waals surface area contributed by atoms with Crippen LogP contribution in [0.3, 0.4) is 0 Å². The molecule has 1 aliphatic heterocycles. The molecule has 0 saturated carbocycles. The van der Waals surface area contributed by atoms with Gasteiger partial charge in [0.05, 0.1) is 17.8 Å². The number of thiocarbonyl (C=S) groups is 1. The molecule has 5 heteroatoms. The Morgan fingerprint density at radius 3 is 2.56 bits per heavy atom. The van der Waals surface area contributed by atoms with Gasteiger partial charge in [-0.25, -0.2) is 0 Å². The lowest BCUT2D eigenvalue weighted by Gasteiger charge is -2.24. The van der Waals surface area contributed by atoms with Crippen molar-refractivity contribution in [3.05, 3.63) is 82.9 Å². The SMILES string of the molecule is Cc1cccc(-n2c(C)cc([C@@H]3[C@H](c4ccccn4)NC(=S)N3C)c2C)c1. The predicted molar refractivity (Wildman–Crippen MR) is 113 cm³/mol. The van der Waals surface area contributed by atoms with Crippen molar-refractivity contribution in [3.63, 3.8) is 0 Å². The summed E-state index contributed by atoms with van der Waals surface area (Å²) in [5.74, 6) is 0. The molecule has 4 nitrogen and oxygen atoms in total. The first kappa shape index (κ1) is 17.7. The highest BCUT2D eigenvalue weighted by atomic mass is 32.1. The minimum absolute atomic E-state index is 0.0372. The first-order chi connectivity index (χ1) is 13.0. The molecule has 1 aliphatic rings. The Bertz CT molecular complexity index is 993. The molecule has 0 unspecified atom stereocenters. The summed E-state index contributed by atoms with van der Waals surface area (Å²) in [5.41, 5.74) is 7.20. The fraction of sp³-hybridized carbons (Fsp3) is 0.273. The second-order valence-corrected chi connectivity index (χ2v) is 7.63. The van der Waals surface area contributed by atoms with Crippen molar-refractivity contribution >= 4 is 17.3 Å². The van der Waals surface area contributed by atoms with Crippen molar-refractivity contribution in [2.75, 3.05) is 7.05 Å². The summed E-state index contributed by atoms with van der Waals surface area (Å²) >= 11 is 5.57. The van der Waals surface area contributed by atoms with Crippen molar-refractivity contribution in [2.45, 2.75) is 32.9 Å². The van der Waals surface area contributed by atoms with Crippen LogP contribution in [-0.2, 0) is 0 Å². The summed E-state index contributed by atoms with van der Waals surface area (Å²) < 4.78 is 2.33. The van der Waals surface area contributed by atoms with Crippen molar-refractivity contribution < 1.29 is 0 Å². The van der Waals surface area contributed by atoms with E-state index in [-0.39, 0.29) is 12.1 Å². The van der Waals surface area contributed by atoms with Crippen molar-refractivity contribution in [1.82, 2.24) is 19.8 Å². The molecule has 2 atom stereocenters. The number of benzene rings is 1. The summed E-state index contributed by atoms with van der Waals surface area (Å²) in [4.78, 5) is 6.73. The van der Waals surface area contributed by atoms with Crippen LogP contribution in [0.5, 0.6) is 0 Å². The third-order valence-corrected chi connectivity index (χ3v) is 5.79. The molecular formula is C22H24N4S. The van der Waals surface area contributed by atoms with Gasteiger partial charge in [0, 0.05) is 30.3 Å². The van der Waals surface area contributed by atoms with Crippen LogP contribution in [0.15, 0.2) is 54.7 Å². The van der Waals surface area contributed by atoms with Gasteiger partial charge in [0.1, 0.15) is 0 Å². The van der Waals surface area contributed by atoms with E-state index in [0.29, 0.717) is 0 Å². The van der Waals surface area contributed by atoms with Gasteiger partial charge in [0.15, 0.2) is 5.11 Å². The summed E-state index contributed by atoms with van der Waals surface area (Å²) in [6.45, 7) is 6.48. The van der Waals surface area contributed by atoms with E-state index >= 15 is 0 Å². The molecule has 4 rings (SSSR count). The summed E-state index contributed by atoms with van der Waals surface area (Å²) in [7, 11) is 2.06. The van der Waals surface area contributed by atoms with Gasteiger partial charge in [0.2, 0.25) is 0 Å². The average Bonchev–Trinajstić information content (AvgIpc) is 3.11. The topological polar surface area (TPSA) is 33.1 Å². The number of pyridine rings is 1. The predicted octanol–water partition coefficient (Wildman–Crippen LogP) is 4.40. The van der Waals surface area contributed by atoms with E-state index in [1.807, 2.05) is 18.3 Å². The highest BCUT2D eigenvalue weighted by molar-refractivity contribution is 7.80. The highest BCUT2D eigenvalue weighted by Gasteiger charge is 2.39. The van der Waals surface area contributed by atoms with Crippen molar-refractivity contribution in [2.24, 2.45) is 0 Å². The maximum absolute atomic E-state index is 5.57. The number of nitrogens with zero attached hydrogens (tertiary/aromatic N) is 3. The molecule has 1 aromatic carbocycles. The van der Waals surface area contributed by atoms with Gasteiger partial charge in [-0.2, -0.15) is 0 Å². The van der Waals surface area contributed by atoms with E-state index in [1.54, 1.807) is 0 Å². The van der Waals surface area contributed by atoms with Crippen LogP contribution in [0.25, 0.3) is 5.69 Å². The number of hydrogen-bond acceptors (Lipinski definition) is 2. The highest BCUT2D eigenvalue weighted by Crippen LogP contribution is 2.40. The van der Waals surface area contributed by atoms with Gasteiger partial charge in [-0.1, -0.05) is 18.2 Å². The largest absolute Gasteiger partial charge is 0.352 e. The Hall–Kier alpha value is -2.66. The molecule has 1 N–H and O–H groups in total. The molecular weight excluding hydrogens is 352 g/mol. The molecule has 3 aromatic rings. The molecule has 0 aliphatic carbocycles. The van der Waals surface area contributed by atoms with Crippen LogP contribution in [-0.4, -0.2) is 26.6 Å². The molecule has 1 fully saturated rings. The van der Waals surface area contributed by atoms with E-state index in [9.17, 15) is 0 Å². The Kier molecular flexibility index (Phi) is 4.48. The minimum atomic E-state index is 0.0372. The second kappa shape index (κ2) is 6.82. The van der Waals surface area contributed by atoms with Crippen molar-refractivity contribution in [3.8, 4) is 5.69 Å². The fourth-order valence-electron chi connectivity index (χ4n) is 4.10. The number of hydrogen-bond donors (Lipinski definition) is 1. The fourth-order valence-corrected chi connectivity index (χ4v) is 4.34. The van der Waals surface area contributed by atoms with E-state index in [1.165, 1.54) is 28.2 Å². The van der Waals surface area contributed by atoms with Gasteiger partial charge in [-0.05, 0) is 74.4 Å². The summed E-state index contributed by atoms with van der Waals surface area (Å²) in [6, 6.07) is 17.1. The van der Waals surface area contributed by atoms with Crippen molar-refractivity contribution in [1.29, 1.82) is 0 Å². The smallest absolute Gasteiger partial charge is 0.169 e. The molecule has 27 heavy (non-hydrogen) atoms. The Labute approximate surface area is 165 Å². The number of aryl methyl sites for hydroxylation is 2. The van der Waals surface area contributed by atoms with Gasteiger partial charge >= 0.3 is 0 Å². The van der Waals surface area contributed by atoms with Gasteiger partial charge in [0.25, 0.3) is 0 Å². The molecule has 138 valence electrons. The standard InChI is InChI=1S/C22H24N4S/c1-14-8-7-9-17(12-14)26-15(2)13-18(16(26)3)21-20(24-22(27)25(21)4)19-10-5-6-11-23-19/h5-13,20-21H,1-4H3,(H,24,27)/t20-,21+/m0/s1. The lowest BCUT2D eigenvalue weighted by atomic mass is 9.97. The third kappa shape index (κ3) is 3.02. The maximum Gasteiger partial charge on any atom is 0.169 e. The van der Waals surface area contributed by atoms with E-state index in [0.717, 1.165) is 10.8 Å². The lowest BCUT2D eigenvalue weighted by Crippen LogP contribution is -2.25.